The normalized spacial score (nSPS) is 15.4. The Morgan fingerprint density at radius 1 is 0.944 bits per heavy atom. The summed E-state index contributed by atoms with van der Waals surface area (Å²) in [5.74, 6) is -0.774. The first-order chi connectivity index (χ1) is 17.1. The third kappa shape index (κ3) is 6.41. The number of halogens is 1. The quantitative estimate of drug-likeness (QED) is 0.442. The minimum Gasteiger partial charge on any atom is -0.326 e. The van der Waals surface area contributed by atoms with E-state index < -0.39 is 20.0 Å². The highest BCUT2D eigenvalue weighted by Gasteiger charge is 2.31. The van der Waals surface area contributed by atoms with Gasteiger partial charge < -0.3 is 5.32 Å². The van der Waals surface area contributed by atoms with Crippen molar-refractivity contribution in [1.29, 1.82) is 0 Å². The highest BCUT2D eigenvalue weighted by molar-refractivity contribution is 7.92. The number of carbonyl (C=O) groups excluding carboxylic acids is 1. The van der Waals surface area contributed by atoms with Crippen LogP contribution < -0.4 is 10.0 Å². The van der Waals surface area contributed by atoms with Crippen LogP contribution in [0.3, 0.4) is 0 Å². The van der Waals surface area contributed by atoms with Gasteiger partial charge in [-0.3, -0.25) is 14.5 Å². The number of amides is 1. The maximum atomic E-state index is 12.8. The van der Waals surface area contributed by atoms with Crippen molar-refractivity contribution in [2.45, 2.75) is 23.5 Å². The van der Waals surface area contributed by atoms with Gasteiger partial charge in [0.15, 0.2) is 0 Å². The molecule has 2 heterocycles. The minimum absolute atomic E-state index is 0.0430. The maximum absolute atomic E-state index is 12.8. The standard InChI is InChI=1S/C24H25ClN4O5S2/c25-23-6-2-1-4-19(23)17-35(31,32)29-14-11-18(12-15-29)24(30)27-20-7-9-22(10-8-20)36(33,34)28-21-5-3-13-26-16-21/h1-10,13,16,18,28H,11-12,14-15,17H2,(H,27,30). The van der Waals surface area contributed by atoms with Crippen molar-refractivity contribution < 1.29 is 21.6 Å². The Balaban J connectivity index is 1.31. The summed E-state index contributed by atoms with van der Waals surface area (Å²) in [6, 6.07) is 15.9. The fourth-order valence-corrected chi connectivity index (χ4v) is 6.82. The van der Waals surface area contributed by atoms with E-state index in [-0.39, 0.29) is 35.6 Å². The third-order valence-corrected chi connectivity index (χ3v) is 9.45. The van der Waals surface area contributed by atoms with E-state index in [0.717, 1.165) is 0 Å². The van der Waals surface area contributed by atoms with Gasteiger partial charge in [0.2, 0.25) is 15.9 Å². The largest absolute Gasteiger partial charge is 0.326 e. The molecule has 1 aliphatic heterocycles. The molecule has 1 aromatic heterocycles. The number of hydrogen-bond acceptors (Lipinski definition) is 6. The summed E-state index contributed by atoms with van der Waals surface area (Å²) in [5, 5.41) is 3.20. The topological polar surface area (TPSA) is 126 Å². The molecule has 1 aliphatic rings. The molecule has 0 spiro atoms. The Labute approximate surface area is 215 Å². The molecule has 2 N–H and O–H groups in total. The Kier molecular flexibility index (Phi) is 7.94. The summed E-state index contributed by atoms with van der Waals surface area (Å²) in [5.41, 5.74) is 1.34. The SMILES string of the molecule is O=C(Nc1ccc(S(=O)(=O)Nc2cccnc2)cc1)C1CCN(S(=O)(=O)Cc2ccccc2Cl)CC1. The van der Waals surface area contributed by atoms with Crippen molar-refractivity contribution in [2.24, 2.45) is 5.92 Å². The monoisotopic (exact) mass is 548 g/mol. The Morgan fingerprint density at radius 2 is 1.64 bits per heavy atom. The van der Waals surface area contributed by atoms with Gasteiger partial charge in [-0.05, 0) is 60.9 Å². The van der Waals surface area contributed by atoms with E-state index in [0.29, 0.717) is 34.8 Å². The van der Waals surface area contributed by atoms with Crippen LogP contribution in [0.25, 0.3) is 0 Å². The number of hydrogen-bond donors (Lipinski definition) is 2. The van der Waals surface area contributed by atoms with Crippen LogP contribution >= 0.6 is 11.6 Å². The molecular formula is C24H25ClN4O5S2. The van der Waals surface area contributed by atoms with Crippen molar-refractivity contribution in [1.82, 2.24) is 9.29 Å². The van der Waals surface area contributed by atoms with Crippen LogP contribution in [-0.4, -0.2) is 45.1 Å². The number of benzene rings is 2. The number of carbonyl (C=O) groups is 1. The van der Waals surface area contributed by atoms with Gasteiger partial charge in [0.1, 0.15) is 0 Å². The molecule has 4 rings (SSSR count). The molecule has 0 aliphatic carbocycles. The lowest BCUT2D eigenvalue weighted by Crippen LogP contribution is -2.41. The second-order valence-electron chi connectivity index (χ2n) is 8.38. The molecule has 1 amide bonds. The van der Waals surface area contributed by atoms with Crippen molar-refractivity contribution in [3.05, 3.63) is 83.6 Å². The number of sulfonamides is 2. The van der Waals surface area contributed by atoms with Crippen molar-refractivity contribution >= 4 is 48.9 Å². The molecule has 0 unspecified atom stereocenters. The molecular weight excluding hydrogens is 524 g/mol. The molecule has 0 saturated carbocycles. The number of anilines is 2. The molecule has 2 aromatic carbocycles. The first-order valence-electron chi connectivity index (χ1n) is 11.2. The average molecular weight is 549 g/mol. The van der Waals surface area contributed by atoms with E-state index in [1.54, 1.807) is 42.6 Å². The number of pyridine rings is 1. The average Bonchev–Trinajstić information content (AvgIpc) is 2.86. The van der Waals surface area contributed by atoms with Crippen molar-refractivity contribution in [3.63, 3.8) is 0 Å². The van der Waals surface area contributed by atoms with Gasteiger partial charge in [0.05, 0.1) is 22.5 Å². The van der Waals surface area contributed by atoms with Gasteiger partial charge in [0.25, 0.3) is 10.0 Å². The van der Waals surface area contributed by atoms with Gasteiger partial charge in [-0.1, -0.05) is 29.8 Å². The summed E-state index contributed by atoms with van der Waals surface area (Å²) in [6.07, 6.45) is 3.71. The molecule has 3 aromatic rings. The molecule has 12 heteroatoms. The second-order valence-corrected chi connectivity index (χ2v) is 12.4. The first kappa shape index (κ1) is 26.1. The highest BCUT2D eigenvalue weighted by Crippen LogP contribution is 2.25. The summed E-state index contributed by atoms with van der Waals surface area (Å²) in [4.78, 5) is 16.7. The molecule has 9 nitrogen and oxygen atoms in total. The molecule has 0 atom stereocenters. The van der Waals surface area contributed by atoms with E-state index in [9.17, 15) is 21.6 Å². The summed E-state index contributed by atoms with van der Waals surface area (Å²) >= 11 is 6.11. The van der Waals surface area contributed by atoms with Crippen molar-refractivity contribution in [3.8, 4) is 0 Å². The lowest BCUT2D eigenvalue weighted by molar-refractivity contribution is -0.120. The van der Waals surface area contributed by atoms with E-state index in [1.807, 2.05) is 0 Å². The first-order valence-corrected chi connectivity index (χ1v) is 14.7. The van der Waals surface area contributed by atoms with Crippen LogP contribution in [0.15, 0.2) is 78.0 Å². The van der Waals surface area contributed by atoms with Crippen molar-refractivity contribution in [2.75, 3.05) is 23.1 Å². The lowest BCUT2D eigenvalue weighted by Gasteiger charge is -2.30. The highest BCUT2D eigenvalue weighted by atomic mass is 35.5. The fraction of sp³-hybridized carbons (Fsp3) is 0.250. The van der Waals surface area contributed by atoms with Crippen LogP contribution in [0.1, 0.15) is 18.4 Å². The number of nitrogens with zero attached hydrogens (tertiary/aromatic N) is 2. The van der Waals surface area contributed by atoms with Gasteiger partial charge in [-0.15, -0.1) is 0 Å². The van der Waals surface area contributed by atoms with E-state index in [2.05, 4.69) is 15.0 Å². The summed E-state index contributed by atoms with van der Waals surface area (Å²) in [7, 11) is -7.36. The lowest BCUT2D eigenvalue weighted by atomic mass is 9.97. The molecule has 0 bridgehead atoms. The third-order valence-electron chi connectivity index (χ3n) is 5.86. The molecule has 1 saturated heterocycles. The van der Waals surface area contributed by atoms with Gasteiger partial charge >= 0.3 is 0 Å². The Hall–Kier alpha value is -2.99. The predicted octanol–water partition coefficient (Wildman–Crippen LogP) is 3.72. The molecule has 190 valence electrons. The van der Waals surface area contributed by atoms with Gasteiger partial charge in [-0.25, -0.2) is 21.1 Å². The van der Waals surface area contributed by atoms with Gasteiger partial charge in [0, 0.05) is 35.9 Å². The number of piperidine rings is 1. The smallest absolute Gasteiger partial charge is 0.261 e. The van der Waals surface area contributed by atoms with E-state index in [4.69, 9.17) is 11.6 Å². The zero-order chi connectivity index (χ0) is 25.8. The number of nitrogens with one attached hydrogen (secondary N) is 2. The van der Waals surface area contributed by atoms with Crippen LogP contribution in [0, 0.1) is 5.92 Å². The predicted molar refractivity (Wildman–Crippen MR) is 138 cm³/mol. The second kappa shape index (κ2) is 11.0. The Morgan fingerprint density at radius 3 is 2.28 bits per heavy atom. The molecule has 36 heavy (non-hydrogen) atoms. The van der Waals surface area contributed by atoms with Gasteiger partial charge in [-0.2, -0.15) is 0 Å². The fourth-order valence-electron chi connectivity index (χ4n) is 3.90. The van der Waals surface area contributed by atoms with Crippen LogP contribution in [0.4, 0.5) is 11.4 Å². The van der Waals surface area contributed by atoms with Crippen LogP contribution in [-0.2, 0) is 30.6 Å². The zero-order valence-electron chi connectivity index (χ0n) is 19.2. The zero-order valence-corrected chi connectivity index (χ0v) is 21.6. The molecule has 1 fully saturated rings. The minimum atomic E-state index is -3.80. The van der Waals surface area contributed by atoms with E-state index >= 15 is 0 Å². The van der Waals surface area contributed by atoms with Crippen LogP contribution in [0.5, 0.6) is 0 Å². The number of aromatic nitrogens is 1. The Bertz CT molecular complexity index is 1420. The van der Waals surface area contributed by atoms with Crippen LogP contribution in [0.2, 0.25) is 5.02 Å². The maximum Gasteiger partial charge on any atom is 0.261 e. The van der Waals surface area contributed by atoms with E-state index in [1.165, 1.54) is 34.8 Å². The summed E-state index contributed by atoms with van der Waals surface area (Å²) in [6.45, 7) is 0.476. The summed E-state index contributed by atoms with van der Waals surface area (Å²) < 4.78 is 54.5. The number of rotatable bonds is 8. The molecule has 0 radical (unpaired) electrons.